The summed E-state index contributed by atoms with van der Waals surface area (Å²) in [5.41, 5.74) is 0.670. The maximum atomic E-state index is 11.5. The summed E-state index contributed by atoms with van der Waals surface area (Å²) in [5, 5.41) is 9.02. The van der Waals surface area contributed by atoms with Crippen LogP contribution in [0.5, 0.6) is 0 Å². The number of nitrogens with one attached hydrogen (secondary N) is 1. The van der Waals surface area contributed by atoms with Crippen molar-refractivity contribution >= 4 is 11.2 Å². The summed E-state index contributed by atoms with van der Waals surface area (Å²) in [4.78, 5) is 22.2. The van der Waals surface area contributed by atoms with Crippen molar-refractivity contribution in [1.29, 1.82) is 0 Å². The van der Waals surface area contributed by atoms with Gasteiger partial charge in [-0.25, -0.2) is 9.97 Å². The van der Waals surface area contributed by atoms with Gasteiger partial charge in [-0.15, -0.1) is 0 Å². The van der Waals surface area contributed by atoms with E-state index in [-0.39, 0.29) is 24.4 Å². The highest BCUT2D eigenvalue weighted by molar-refractivity contribution is 5.68. The molecule has 2 N–H and O–H groups in total. The number of aliphatic hydroxyl groups is 1. The van der Waals surface area contributed by atoms with E-state index in [9.17, 15) is 4.79 Å². The van der Waals surface area contributed by atoms with E-state index in [4.69, 9.17) is 9.84 Å². The second-order valence-electron chi connectivity index (χ2n) is 4.44. The lowest BCUT2D eigenvalue weighted by atomic mass is 10.2. The molecule has 0 aromatic carbocycles. The Morgan fingerprint density at radius 2 is 2.28 bits per heavy atom. The number of H-pyrrole nitrogens is 1. The summed E-state index contributed by atoms with van der Waals surface area (Å²) in [5.74, 6) is 0. The molecule has 2 aromatic heterocycles. The van der Waals surface area contributed by atoms with Crippen LogP contribution in [0.3, 0.4) is 0 Å². The molecule has 7 heteroatoms. The highest BCUT2D eigenvalue weighted by atomic mass is 16.5. The van der Waals surface area contributed by atoms with Gasteiger partial charge in [0.15, 0.2) is 11.2 Å². The lowest BCUT2D eigenvalue weighted by molar-refractivity contribution is 0.00537. The standard InChI is InChI=1S/C11H14N4O3/c16-4-8-2-1-7(18-8)3-15-6-14-9-10(15)12-5-13-11(9)17/h5-8,16H,1-4H2,(H,12,13,17)/t7-,8+/m1/s1. The average molecular weight is 250 g/mol. The van der Waals surface area contributed by atoms with Gasteiger partial charge in [0.25, 0.3) is 5.56 Å². The van der Waals surface area contributed by atoms with E-state index in [1.165, 1.54) is 6.33 Å². The summed E-state index contributed by atoms with van der Waals surface area (Å²) >= 11 is 0. The van der Waals surface area contributed by atoms with Crippen LogP contribution in [0.2, 0.25) is 0 Å². The molecule has 2 atom stereocenters. The quantitative estimate of drug-likeness (QED) is 0.777. The Hall–Kier alpha value is -1.73. The van der Waals surface area contributed by atoms with E-state index < -0.39 is 0 Å². The molecule has 0 saturated carbocycles. The molecular weight excluding hydrogens is 236 g/mol. The first-order valence-corrected chi connectivity index (χ1v) is 5.93. The number of aromatic amines is 1. The zero-order valence-electron chi connectivity index (χ0n) is 9.74. The number of aromatic nitrogens is 4. The molecule has 0 unspecified atom stereocenters. The Kier molecular flexibility index (Phi) is 2.85. The molecule has 2 aromatic rings. The number of ether oxygens (including phenoxy) is 1. The van der Waals surface area contributed by atoms with E-state index in [1.54, 1.807) is 6.33 Å². The number of rotatable bonds is 3. The Morgan fingerprint density at radius 3 is 3.06 bits per heavy atom. The minimum atomic E-state index is -0.237. The van der Waals surface area contributed by atoms with Crippen molar-refractivity contribution in [2.45, 2.75) is 31.6 Å². The highest BCUT2D eigenvalue weighted by Gasteiger charge is 2.25. The minimum Gasteiger partial charge on any atom is -0.394 e. The van der Waals surface area contributed by atoms with E-state index in [2.05, 4.69) is 15.0 Å². The molecule has 0 aliphatic carbocycles. The molecule has 0 spiro atoms. The van der Waals surface area contributed by atoms with Crippen molar-refractivity contribution in [2.24, 2.45) is 0 Å². The second-order valence-corrected chi connectivity index (χ2v) is 4.44. The first-order valence-electron chi connectivity index (χ1n) is 5.93. The van der Waals surface area contributed by atoms with Crippen molar-refractivity contribution in [1.82, 2.24) is 19.5 Å². The van der Waals surface area contributed by atoms with Gasteiger partial charge in [-0.2, -0.15) is 0 Å². The molecule has 1 aliphatic heterocycles. The summed E-state index contributed by atoms with van der Waals surface area (Å²) in [6.07, 6.45) is 4.70. The van der Waals surface area contributed by atoms with Crippen LogP contribution in [0.15, 0.2) is 17.4 Å². The van der Waals surface area contributed by atoms with Gasteiger partial charge in [0.1, 0.15) is 0 Å². The van der Waals surface area contributed by atoms with Crippen LogP contribution in [-0.2, 0) is 11.3 Å². The third-order valence-corrected chi connectivity index (χ3v) is 3.21. The van der Waals surface area contributed by atoms with Crippen molar-refractivity contribution < 1.29 is 9.84 Å². The number of fused-ring (bicyclic) bond motifs is 1. The van der Waals surface area contributed by atoms with Crippen molar-refractivity contribution in [3.05, 3.63) is 23.0 Å². The fourth-order valence-corrected chi connectivity index (χ4v) is 2.29. The molecule has 96 valence electrons. The summed E-state index contributed by atoms with van der Waals surface area (Å²) in [7, 11) is 0. The predicted octanol–water partition coefficient (Wildman–Crippen LogP) is -0.340. The number of imidazole rings is 1. The topological polar surface area (TPSA) is 93.0 Å². The Balaban J connectivity index is 1.83. The van der Waals surface area contributed by atoms with Gasteiger partial charge in [-0.05, 0) is 12.8 Å². The third-order valence-electron chi connectivity index (χ3n) is 3.21. The van der Waals surface area contributed by atoms with Crippen LogP contribution in [-0.4, -0.2) is 43.4 Å². The molecular formula is C11H14N4O3. The summed E-state index contributed by atoms with van der Waals surface area (Å²) < 4.78 is 7.47. The zero-order valence-corrected chi connectivity index (χ0v) is 9.74. The van der Waals surface area contributed by atoms with Crippen LogP contribution in [0.1, 0.15) is 12.8 Å². The lowest BCUT2D eigenvalue weighted by Crippen LogP contribution is -2.19. The maximum Gasteiger partial charge on any atom is 0.278 e. The average Bonchev–Trinajstić information content (AvgIpc) is 2.98. The van der Waals surface area contributed by atoms with Crippen LogP contribution < -0.4 is 5.56 Å². The number of hydrogen-bond donors (Lipinski definition) is 2. The van der Waals surface area contributed by atoms with Crippen molar-refractivity contribution in [2.75, 3.05) is 6.61 Å². The van der Waals surface area contributed by atoms with Crippen LogP contribution in [0, 0.1) is 0 Å². The molecule has 0 bridgehead atoms. The molecule has 1 fully saturated rings. The molecule has 0 amide bonds. The zero-order chi connectivity index (χ0) is 12.5. The van der Waals surface area contributed by atoms with Crippen LogP contribution in [0.4, 0.5) is 0 Å². The van der Waals surface area contributed by atoms with Gasteiger partial charge in [0.2, 0.25) is 0 Å². The van der Waals surface area contributed by atoms with Gasteiger partial charge >= 0.3 is 0 Å². The SMILES string of the molecule is O=c1[nH]cnc2c1ncn2C[C@H]1CC[C@@H](CO)O1. The first kappa shape index (κ1) is 11.4. The van der Waals surface area contributed by atoms with Crippen LogP contribution in [0.25, 0.3) is 11.2 Å². The van der Waals surface area contributed by atoms with E-state index in [0.717, 1.165) is 12.8 Å². The normalized spacial score (nSPS) is 23.8. The van der Waals surface area contributed by atoms with Gasteiger partial charge < -0.3 is 19.4 Å². The second kappa shape index (κ2) is 4.51. The molecule has 1 aliphatic rings. The van der Waals surface area contributed by atoms with Gasteiger partial charge in [-0.3, -0.25) is 4.79 Å². The number of aliphatic hydroxyl groups excluding tert-OH is 1. The Labute approximate surface area is 102 Å². The largest absolute Gasteiger partial charge is 0.394 e. The Morgan fingerprint density at radius 1 is 1.44 bits per heavy atom. The highest BCUT2D eigenvalue weighted by Crippen LogP contribution is 2.21. The predicted molar refractivity (Wildman–Crippen MR) is 63.1 cm³/mol. The number of hydrogen-bond acceptors (Lipinski definition) is 5. The van der Waals surface area contributed by atoms with Gasteiger partial charge in [0.05, 0.1) is 38.0 Å². The molecule has 18 heavy (non-hydrogen) atoms. The van der Waals surface area contributed by atoms with E-state index in [1.807, 2.05) is 4.57 Å². The smallest absolute Gasteiger partial charge is 0.278 e. The first-order chi connectivity index (χ1) is 8.78. The summed E-state index contributed by atoms with van der Waals surface area (Å²) in [6, 6.07) is 0. The fraction of sp³-hybridized carbons (Fsp3) is 0.545. The minimum absolute atomic E-state index is 0.0423. The van der Waals surface area contributed by atoms with Crippen molar-refractivity contribution in [3.8, 4) is 0 Å². The van der Waals surface area contributed by atoms with Gasteiger partial charge in [0, 0.05) is 0 Å². The van der Waals surface area contributed by atoms with E-state index >= 15 is 0 Å². The summed E-state index contributed by atoms with van der Waals surface area (Å²) in [6.45, 7) is 0.655. The van der Waals surface area contributed by atoms with Crippen molar-refractivity contribution in [3.63, 3.8) is 0 Å². The monoisotopic (exact) mass is 250 g/mol. The Bertz CT molecular complexity index is 606. The third kappa shape index (κ3) is 1.91. The lowest BCUT2D eigenvalue weighted by Gasteiger charge is -2.12. The van der Waals surface area contributed by atoms with Gasteiger partial charge in [-0.1, -0.05) is 0 Å². The fourth-order valence-electron chi connectivity index (χ4n) is 2.29. The molecule has 3 rings (SSSR count). The molecule has 3 heterocycles. The molecule has 1 saturated heterocycles. The number of nitrogens with zero attached hydrogens (tertiary/aromatic N) is 3. The molecule has 0 radical (unpaired) electrons. The van der Waals surface area contributed by atoms with Crippen LogP contribution >= 0.6 is 0 Å². The maximum absolute atomic E-state index is 11.5. The molecule has 7 nitrogen and oxygen atoms in total. The van der Waals surface area contributed by atoms with E-state index in [0.29, 0.717) is 17.7 Å².